The molecule has 0 spiro atoms. The second-order valence-electron chi connectivity index (χ2n) is 14.9. The summed E-state index contributed by atoms with van der Waals surface area (Å²) in [5.74, 6) is 0. The lowest BCUT2D eigenvalue weighted by Gasteiger charge is -2.29. The molecule has 0 aliphatic rings. The molecule has 0 aromatic heterocycles. The molecule has 0 N–H and O–H groups in total. The highest BCUT2D eigenvalue weighted by molar-refractivity contribution is 6.27. The summed E-state index contributed by atoms with van der Waals surface area (Å²) >= 11 is 0. The lowest BCUT2D eigenvalue weighted by molar-refractivity contribution is 1.29. The second kappa shape index (κ2) is 12.1. The largest absolute Gasteiger partial charge is 0.309 e. The van der Waals surface area contributed by atoms with Crippen molar-refractivity contribution >= 4 is 70.9 Å². The highest BCUT2D eigenvalue weighted by atomic mass is 15.1. The summed E-state index contributed by atoms with van der Waals surface area (Å²) in [5.41, 5.74) is 13.6. The molecule has 252 valence electrons. The van der Waals surface area contributed by atoms with Crippen molar-refractivity contribution in [2.24, 2.45) is 0 Å². The Bertz CT molecular complexity index is 2900. The number of hydrogen-bond acceptors (Lipinski definition) is 1. The van der Waals surface area contributed by atoms with Crippen LogP contribution in [0.1, 0.15) is 22.3 Å². The number of anilines is 3. The molecule has 0 unspecified atom stereocenters. The number of nitrogens with zero attached hydrogens (tertiary/aromatic N) is 1. The number of fused-ring (bicyclic) bond motifs is 2. The smallest absolute Gasteiger partial charge is 0.0618 e. The van der Waals surface area contributed by atoms with E-state index in [9.17, 15) is 0 Å². The van der Waals surface area contributed by atoms with E-state index in [-0.39, 0.29) is 0 Å². The van der Waals surface area contributed by atoms with Gasteiger partial charge < -0.3 is 4.90 Å². The van der Waals surface area contributed by atoms with E-state index < -0.39 is 0 Å². The van der Waals surface area contributed by atoms with Gasteiger partial charge in [-0.2, -0.15) is 0 Å². The Labute approximate surface area is 310 Å². The molecular formula is C52H39N. The summed E-state index contributed by atoms with van der Waals surface area (Å²) < 4.78 is 0. The minimum Gasteiger partial charge on any atom is -0.309 e. The van der Waals surface area contributed by atoms with Crippen LogP contribution in [0.5, 0.6) is 0 Å². The summed E-state index contributed by atoms with van der Waals surface area (Å²) in [5, 5.41) is 12.9. The Morgan fingerprint density at radius 2 is 0.811 bits per heavy atom. The highest BCUT2D eigenvalue weighted by Crippen LogP contribution is 2.49. The number of benzene rings is 10. The van der Waals surface area contributed by atoms with Crippen LogP contribution < -0.4 is 4.90 Å². The SMILES string of the molecule is Cc1ccc(N(c2ccc(C)cc2)c2c3ccccc3c(-c3ccc(-c4cc5cc(C)cc6ccc7cc(C)cc4c7c65)cc3)c3ccccc23)cc1. The summed E-state index contributed by atoms with van der Waals surface area (Å²) in [6.45, 7) is 8.71. The molecule has 10 rings (SSSR count). The zero-order chi connectivity index (χ0) is 35.8. The molecule has 1 heteroatoms. The number of aryl methyl sites for hydroxylation is 4. The van der Waals surface area contributed by atoms with Crippen LogP contribution in [0, 0.1) is 27.7 Å². The van der Waals surface area contributed by atoms with Gasteiger partial charge in [-0.25, -0.2) is 0 Å². The Balaban J connectivity index is 1.20. The molecule has 10 aromatic rings. The third kappa shape index (κ3) is 5.07. The van der Waals surface area contributed by atoms with Crippen LogP contribution in [0.4, 0.5) is 17.1 Å². The first kappa shape index (κ1) is 31.3. The van der Waals surface area contributed by atoms with Gasteiger partial charge in [0.1, 0.15) is 0 Å². The highest BCUT2D eigenvalue weighted by Gasteiger charge is 2.22. The predicted molar refractivity (Wildman–Crippen MR) is 230 cm³/mol. The minimum atomic E-state index is 1.14. The maximum atomic E-state index is 2.44. The van der Waals surface area contributed by atoms with Crippen molar-refractivity contribution < 1.29 is 0 Å². The topological polar surface area (TPSA) is 3.24 Å². The molecule has 0 aliphatic heterocycles. The van der Waals surface area contributed by atoms with Crippen molar-refractivity contribution in [2.45, 2.75) is 27.7 Å². The Morgan fingerprint density at radius 3 is 1.38 bits per heavy atom. The van der Waals surface area contributed by atoms with Crippen molar-refractivity contribution in [2.75, 3.05) is 4.90 Å². The summed E-state index contributed by atoms with van der Waals surface area (Å²) in [6, 6.07) is 61.4. The van der Waals surface area contributed by atoms with Gasteiger partial charge in [0.25, 0.3) is 0 Å². The average Bonchev–Trinajstić information content (AvgIpc) is 3.17. The molecule has 0 radical (unpaired) electrons. The van der Waals surface area contributed by atoms with E-state index in [4.69, 9.17) is 0 Å². The zero-order valence-electron chi connectivity index (χ0n) is 30.5. The predicted octanol–water partition coefficient (Wildman–Crippen LogP) is 14.9. The molecule has 1 nitrogen and oxygen atoms in total. The molecule has 0 bridgehead atoms. The normalized spacial score (nSPS) is 11.8. The molecular weight excluding hydrogens is 639 g/mol. The van der Waals surface area contributed by atoms with Gasteiger partial charge in [-0.1, -0.05) is 145 Å². The van der Waals surface area contributed by atoms with Crippen LogP contribution in [-0.2, 0) is 0 Å². The minimum absolute atomic E-state index is 1.14. The lowest BCUT2D eigenvalue weighted by atomic mass is 9.86. The van der Waals surface area contributed by atoms with Gasteiger partial charge >= 0.3 is 0 Å². The van der Waals surface area contributed by atoms with E-state index in [0.717, 1.165) is 11.4 Å². The van der Waals surface area contributed by atoms with Gasteiger partial charge in [-0.05, 0) is 134 Å². The Kier molecular flexibility index (Phi) is 7.13. The van der Waals surface area contributed by atoms with Gasteiger partial charge in [-0.15, -0.1) is 0 Å². The molecule has 0 aliphatic carbocycles. The van der Waals surface area contributed by atoms with Crippen molar-refractivity contribution in [3.05, 3.63) is 186 Å². The molecule has 0 saturated carbocycles. The average molecular weight is 678 g/mol. The quantitative estimate of drug-likeness (QED) is 0.129. The van der Waals surface area contributed by atoms with Gasteiger partial charge in [0.05, 0.1) is 5.69 Å². The van der Waals surface area contributed by atoms with Crippen LogP contribution in [0.15, 0.2) is 164 Å². The number of rotatable bonds is 5. The van der Waals surface area contributed by atoms with Crippen molar-refractivity contribution in [1.29, 1.82) is 0 Å². The molecule has 0 heterocycles. The van der Waals surface area contributed by atoms with E-state index in [1.165, 1.54) is 104 Å². The maximum Gasteiger partial charge on any atom is 0.0618 e. The van der Waals surface area contributed by atoms with Crippen LogP contribution in [-0.4, -0.2) is 0 Å². The van der Waals surface area contributed by atoms with E-state index in [2.05, 4.69) is 196 Å². The first-order valence-corrected chi connectivity index (χ1v) is 18.6. The second-order valence-corrected chi connectivity index (χ2v) is 14.9. The van der Waals surface area contributed by atoms with Crippen molar-refractivity contribution in [3.63, 3.8) is 0 Å². The fraction of sp³-hybridized carbons (Fsp3) is 0.0769. The fourth-order valence-electron chi connectivity index (χ4n) is 8.73. The first-order valence-electron chi connectivity index (χ1n) is 18.6. The van der Waals surface area contributed by atoms with Gasteiger partial charge in [-0.3, -0.25) is 0 Å². The van der Waals surface area contributed by atoms with E-state index in [0.29, 0.717) is 0 Å². The van der Waals surface area contributed by atoms with Gasteiger partial charge in [0, 0.05) is 22.1 Å². The molecule has 0 amide bonds. The van der Waals surface area contributed by atoms with Crippen LogP contribution in [0.2, 0.25) is 0 Å². The van der Waals surface area contributed by atoms with E-state index >= 15 is 0 Å². The third-order valence-electron chi connectivity index (χ3n) is 11.1. The summed E-state index contributed by atoms with van der Waals surface area (Å²) in [4.78, 5) is 2.44. The van der Waals surface area contributed by atoms with E-state index in [1.807, 2.05) is 0 Å². The summed E-state index contributed by atoms with van der Waals surface area (Å²) in [6.07, 6.45) is 0. The monoisotopic (exact) mass is 677 g/mol. The summed E-state index contributed by atoms with van der Waals surface area (Å²) in [7, 11) is 0. The molecule has 0 saturated heterocycles. The van der Waals surface area contributed by atoms with Crippen LogP contribution in [0.3, 0.4) is 0 Å². The van der Waals surface area contributed by atoms with Crippen LogP contribution >= 0.6 is 0 Å². The maximum absolute atomic E-state index is 2.44. The molecule has 53 heavy (non-hydrogen) atoms. The van der Waals surface area contributed by atoms with Crippen molar-refractivity contribution in [1.82, 2.24) is 0 Å². The third-order valence-corrected chi connectivity index (χ3v) is 11.1. The first-order chi connectivity index (χ1) is 25.9. The Hall–Kier alpha value is -6.44. The lowest BCUT2D eigenvalue weighted by Crippen LogP contribution is -2.11. The van der Waals surface area contributed by atoms with E-state index in [1.54, 1.807) is 0 Å². The number of hydrogen-bond donors (Lipinski definition) is 0. The molecule has 10 aromatic carbocycles. The van der Waals surface area contributed by atoms with Crippen LogP contribution in [0.25, 0.3) is 76.1 Å². The fourth-order valence-corrected chi connectivity index (χ4v) is 8.73. The zero-order valence-corrected chi connectivity index (χ0v) is 30.5. The Morgan fingerprint density at radius 1 is 0.340 bits per heavy atom. The molecule has 0 atom stereocenters. The standard InChI is InChI=1S/C52H39N/c1-32-13-23-41(24-14-32)53(42-25-15-33(2)16-26-42)52-45-11-7-5-9-43(45)50(44-10-6-8-12-46(44)52)37-19-17-36(18-20-37)47-31-40-29-34(3)27-38-21-22-39-28-35(4)30-48(47)51(39)49(38)40/h5-31H,1-4H3. The van der Waals surface area contributed by atoms with Gasteiger partial charge in [0.15, 0.2) is 0 Å². The van der Waals surface area contributed by atoms with Gasteiger partial charge in [0.2, 0.25) is 0 Å². The van der Waals surface area contributed by atoms with Crippen molar-refractivity contribution in [3.8, 4) is 22.3 Å². The molecule has 0 fully saturated rings.